The van der Waals surface area contributed by atoms with Crippen molar-refractivity contribution in [3.8, 4) is 11.5 Å². The number of nitrogens with one attached hydrogen (secondary N) is 2. The van der Waals surface area contributed by atoms with Crippen LogP contribution in [0.2, 0.25) is 0 Å². The molecule has 0 aliphatic rings. The minimum atomic E-state index is -0.376. The van der Waals surface area contributed by atoms with Crippen molar-refractivity contribution in [1.82, 2.24) is 5.43 Å². The van der Waals surface area contributed by atoms with Crippen LogP contribution in [0.5, 0.6) is 11.5 Å². The summed E-state index contributed by atoms with van der Waals surface area (Å²) in [5.74, 6) is -0.719. The number of benzene rings is 2. The maximum absolute atomic E-state index is 11.7. The number of hydrogen-bond acceptors (Lipinski definition) is 6. The molecule has 24 heavy (non-hydrogen) atoms. The molecule has 3 N–H and O–H groups in total. The Balaban J connectivity index is 1.53. The lowest BCUT2D eigenvalue weighted by Crippen LogP contribution is -2.20. The summed E-state index contributed by atoms with van der Waals surface area (Å²) in [4.78, 5) is 14.8. The van der Waals surface area contributed by atoms with Gasteiger partial charge in [-0.05, 0) is 35.5 Å². The number of para-hydroxylation sites is 2. The van der Waals surface area contributed by atoms with Crippen molar-refractivity contribution in [3.05, 3.63) is 48.0 Å². The highest BCUT2D eigenvalue weighted by atomic mass is 32.2. The van der Waals surface area contributed by atoms with Gasteiger partial charge in [0.1, 0.15) is 5.75 Å². The normalized spacial score (nSPS) is 11.2. The highest BCUT2D eigenvalue weighted by Crippen LogP contribution is 2.19. The Morgan fingerprint density at radius 2 is 2.21 bits per heavy atom. The van der Waals surface area contributed by atoms with Crippen LogP contribution in [-0.2, 0) is 4.79 Å². The SMILES string of the molecule is O=C(CSc1[nH+]c2ccccc2o1)N/N=C/c1ccc(O)cc1[O-]. The molecule has 8 heteroatoms. The third-order valence-corrected chi connectivity index (χ3v) is 3.90. The number of carbonyl (C=O) groups is 1. The molecule has 0 fully saturated rings. The third kappa shape index (κ3) is 3.85. The second-order valence-electron chi connectivity index (χ2n) is 4.81. The van der Waals surface area contributed by atoms with Gasteiger partial charge in [-0.1, -0.05) is 23.9 Å². The first-order valence-corrected chi connectivity index (χ1v) is 7.96. The smallest absolute Gasteiger partial charge is 0.411 e. The summed E-state index contributed by atoms with van der Waals surface area (Å²) in [5.41, 5.74) is 4.17. The molecule has 0 aliphatic heterocycles. The summed E-state index contributed by atoms with van der Waals surface area (Å²) in [5, 5.41) is 24.9. The predicted octanol–water partition coefficient (Wildman–Crippen LogP) is 1.27. The molecule has 1 heterocycles. The Morgan fingerprint density at radius 3 is 3.00 bits per heavy atom. The summed E-state index contributed by atoms with van der Waals surface area (Å²) >= 11 is 1.20. The first kappa shape index (κ1) is 15.9. The maximum atomic E-state index is 11.7. The van der Waals surface area contributed by atoms with Gasteiger partial charge in [0.25, 0.3) is 5.91 Å². The number of fused-ring (bicyclic) bond motifs is 1. The molecule has 122 valence electrons. The van der Waals surface area contributed by atoms with Crippen molar-refractivity contribution in [2.45, 2.75) is 5.22 Å². The number of aromatic hydroxyl groups is 1. The van der Waals surface area contributed by atoms with Crippen molar-refractivity contribution in [3.63, 3.8) is 0 Å². The van der Waals surface area contributed by atoms with Crippen LogP contribution >= 0.6 is 11.8 Å². The van der Waals surface area contributed by atoms with Gasteiger partial charge in [-0.2, -0.15) is 10.1 Å². The van der Waals surface area contributed by atoms with E-state index in [2.05, 4.69) is 15.5 Å². The molecule has 2 aromatic carbocycles. The number of hydrazone groups is 1. The molecule has 0 aliphatic carbocycles. The van der Waals surface area contributed by atoms with E-state index >= 15 is 0 Å². The maximum Gasteiger partial charge on any atom is 0.411 e. The molecule has 0 radical (unpaired) electrons. The Morgan fingerprint density at radius 1 is 1.38 bits per heavy atom. The Bertz CT molecular complexity index is 874. The van der Waals surface area contributed by atoms with Gasteiger partial charge in [0.2, 0.25) is 11.1 Å². The standard InChI is InChI=1S/C16H13N3O4S/c20-11-6-5-10(13(21)7-11)8-17-19-15(22)9-24-16-18-12-3-1-2-4-14(12)23-16/h1-8,20-21H,9H2,(H,19,22)/b17-8+. The van der Waals surface area contributed by atoms with E-state index in [-0.39, 0.29) is 28.7 Å². The zero-order valence-electron chi connectivity index (χ0n) is 12.4. The van der Waals surface area contributed by atoms with Crippen LogP contribution in [0.4, 0.5) is 0 Å². The van der Waals surface area contributed by atoms with Gasteiger partial charge in [0, 0.05) is 6.07 Å². The quantitative estimate of drug-likeness (QED) is 0.411. The number of oxazole rings is 1. The number of phenolic OH excluding ortho intramolecular Hbond substituents is 1. The molecular weight excluding hydrogens is 330 g/mol. The zero-order chi connectivity index (χ0) is 16.9. The van der Waals surface area contributed by atoms with Gasteiger partial charge in [-0.15, -0.1) is 0 Å². The van der Waals surface area contributed by atoms with Crippen LogP contribution in [0.15, 0.2) is 57.2 Å². The van der Waals surface area contributed by atoms with Crippen LogP contribution in [0, 0.1) is 0 Å². The number of rotatable bonds is 5. The van der Waals surface area contributed by atoms with Gasteiger partial charge in [-0.25, -0.2) is 5.43 Å². The van der Waals surface area contributed by atoms with E-state index in [4.69, 9.17) is 9.52 Å². The number of aromatic nitrogens is 1. The molecule has 0 unspecified atom stereocenters. The Labute approximate surface area is 141 Å². The van der Waals surface area contributed by atoms with Crippen LogP contribution in [0.1, 0.15) is 5.56 Å². The van der Waals surface area contributed by atoms with E-state index in [0.29, 0.717) is 10.8 Å². The van der Waals surface area contributed by atoms with Gasteiger partial charge >= 0.3 is 5.22 Å². The number of nitrogens with zero attached hydrogens (tertiary/aromatic N) is 1. The fourth-order valence-corrected chi connectivity index (χ4v) is 2.58. The summed E-state index contributed by atoms with van der Waals surface area (Å²) in [6.45, 7) is 0. The molecule has 3 rings (SSSR count). The van der Waals surface area contributed by atoms with E-state index < -0.39 is 0 Å². The predicted molar refractivity (Wildman–Crippen MR) is 86.8 cm³/mol. The van der Waals surface area contributed by atoms with Gasteiger partial charge in [-0.3, -0.25) is 4.79 Å². The van der Waals surface area contributed by atoms with E-state index in [1.807, 2.05) is 24.3 Å². The lowest BCUT2D eigenvalue weighted by molar-refractivity contribution is -0.411. The fraction of sp³-hybridized carbons (Fsp3) is 0.0625. The monoisotopic (exact) mass is 343 g/mol. The van der Waals surface area contributed by atoms with Gasteiger partial charge in [0.05, 0.1) is 12.0 Å². The van der Waals surface area contributed by atoms with Crippen molar-refractivity contribution in [2.75, 3.05) is 5.75 Å². The molecule has 7 nitrogen and oxygen atoms in total. The topological polar surface area (TPSA) is 112 Å². The molecule has 0 saturated carbocycles. The Kier molecular flexibility index (Phi) is 4.66. The number of thioether (sulfide) groups is 1. The molecule has 0 saturated heterocycles. The van der Waals surface area contributed by atoms with Gasteiger partial charge in [0.15, 0.2) is 0 Å². The molecule has 0 atom stereocenters. The summed E-state index contributed by atoms with van der Waals surface area (Å²) in [7, 11) is 0. The molecule has 1 amide bonds. The second-order valence-corrected chi connectivity index (χ2v) is 5.76. The average Bonchev–Trinajstić information content (AvgIpc) is 2.98. The van der Waals surface area contributed by atoms with Gasteiger partial charge < -0.3 is 14.6 Å². The van der Waals surface area contributed by atoms with Crippen LogP contribution in [0.25, 0.3) is 11.1 Å². The highest BCUT2D eigenvalue weighted by Gasteiger charge is 2.14. The highest BCUT2D eigenvalue weighted by molar-refractivity contribution is 7.99. The van der Waals surface area contributed by atoms with Crippen molar-refractivity contribution in [1.29, 1.82) is 0 Å². The molecule has 3 aromatic rings. The average molecular weight is 343 g/mol. The zero-order valence-corrected chi connectivity index (χ0v) is 13.2. The molecule has 0 spiro atoms. The molecule has 1 aromatic heterocycles. The molecular formula is C16H13N3O4S. The second kappa shape index (κ2) is 7.05. The van der Waals surface area contributed by atoms with Crippen molar-refractivity contribution < 1.29 is 24.4 Å². The summed E-state index contributed by atoms with van der Waals surface area (Å²) < 4.78 is 5.54. The summed E-state index contributed by atoms with van der Waals surface area (Å²) in [6, 6.07) is 11.3. The van der Waals surface area contributed by atoms with E-state index in [9.17, 15) is 9.90 Å². The van der Waals surface area contributed by atoms with Crippen LogP contribution < -0.4 is 15.5 Å². The van der Waals surface area contributed by atoms with E-state index in [1.165, 1.54) is 30.1 Å². The first-order valence-electron chi connectivity index (χ1n) is 6.97. The third-order valence-electron chi connectivity index (χ3n) is 3.05. The number of hydrogen-bond donors (Lipinski definition) is 2. The number of amides is 1. The van der Waals surface area contributed by atoms with Crippen molar-refractivity contribution >= 4 is 35.0 Å². The number of aromatic amines is 1. The minimum Gasteiger partial charge on any atom is -0.872 e. The minimum absolute atomic E-state index is 0.105. The molecule has 0 bridgehead atoms. The lowest BCUT2D eigenvalue weighted by atomic mass is 10.2. The number of H-pyrrole nitrogens is 1. The van der Waals surface area contributed by atoms with Crippen LogP contribution in [0.3, 0.4) is 0 Å². The largest absolute Gasteiger partial charge is 0.872 e. The number of carbonyl (C=O) groups excluding carboxylic acids is 1. The lowest BCUT2D eigenvalue weighted by Gasteiger charge is -2.09. The Hall–Kier alpha value is -3.00. The summed E-state index contributed by atoms with van der Waals surface area (Å²) in [6.07, 6.45) is 1.23. The fourth-order valence-electron chi connectivity index (χ4n) is 1.93. The van der Waals surface area contributed by atoms with Crippen LogP contribution in [-0.4, -0.2) is 23.0 Å². The van der Waals surface area contributed by atoms with Crippen molar-refractivity contribution in [2.24, 2.45) is 5.10 Å². The number of phenols is 1. The van der Waals surface area contributed by atoms with E-state index in [1.54, 1.807) is 0 Å². The van der Waals surface area contributed by atoms with E-state index in [0.717, 1.165) is 11.6 Å². The first-order chi connectivity index (χ1) is 11.6.